The van der Waals surface area contributed by atoms with Crippen molar-refractivity contribution in [2.45, 2.75) is 19.8 Å². The number of benzene rings is 1. The maximum absolute atomic E-state index is 12.3. The van der Waals surface area contributed by atoms with E-state index in [4.69, 9.17) is 5.11 Å². The Bertz CT molecular complexity index is 662. The molecule has 0 aliphatic rings. The average Bonchev–Trinajstić information content (AvgIpc) is 2.90. The van der Waals surface area contributed by atoms with E-state index in [1.165, 1.54) is 0 Å². The quantitative estimate of drug-likeness (QED) is 0.857. The van der Waals surface area contributed by atoms with Gasteiger partial charge in [0, 0.05) is 37.7 Å². The topological polar surface area (TPSA) is 70.4 Å². The van der Waals surface area contributed by atoms with Crippen LogP contribution in [0.25, 0.3) is 0 Å². The zero-order valence-electron chi connectivity index (χ0n) is 14.1. The van der Waals surface area contributed by atoms with E-state index in [-0.39, 0.29) is 12.5 Å². The fourth-order valence-corrected chi connectivity index (χ4v) is 2.41. The van der Waals surface area contributed by atoms with Crippen molar-refractivity contribution in [1.82, 2.24) is 9.78 Å². The molecule has 1 heterocycles. The van der Waals surface area contributed by atoms with Crippen LogP contribution in [-0.4, -0.2) is 41.0 Å². The summed E-state index contributed by atoms with van der Waals surface area (Å²) in [4.78, 5) is 14.2. The van der Waals surface area contributed by atoms with Gasteiger partial charge in [0.15, 0.2) is 5.69 Å². The van der Waals surface area contributed by atoms with Crippen LogP contribution in [-0.2, 0) is 7.05 Å². The predicted molar refractivity (Wildman–Crippen MR) is 92.0 cm³/mol. The third-order valence-corrected chi connectivity index (χ3v) is 3.74. The molecule has 0 radical (unpaired) electrons. The van der Waals surface area contributed by atoms with Crippen LogP contribution in [0.1, 0.15) is 35.9 Å². The van der Waals surface area contributed by atoms with Crippen molar-refractivity contribution >= 4 is 17.3 Å². The van der Waals surface area contributed by atoms with Gasteiger partial charge in [-0.1, -0.05) is 13.8 Å². The Balaban J connectivity index is 2.07. The molecule has 6 nitrogen and oxygen atoms in total. The minimum absolute atomic E-state index is 0.104. The number of aliphatic hydroxyl groups is 1. The molecule has 2 N–H and O–H groups in total. The van der Waals surface area contributed by atoms with Gasteiger partial charge in [0.25, 0.3) is 5.91 Å². The second-order valence-corrected chi connectivity index (χ2v) is 5.88. The molecule has 6 heteroatoms. The van der Waals surface area contributed by atoms with E-state index in [0.717, 1.165) is 11.4 Å². The maximum atomic E-state index is 12.3. The predicted octanol–water partition coefficient (Wildman–Crippen LogP) is 2.22. The minimum atomic E-state index is -0.219. The highest BCUT2D eigenvalue weighted by Gasteiger charge is 2.14. The third-order valence-electron chi connectivity index (χ3n) is 3.74. The van der Waals surface area contributed by atoms with Gasteiger partial charge in [0.05, 0.1) is 6.61 Å². The smallest absolute Gasteiger partial charge is 0.276 e. The van der Waals surface area contributed by atoms with E-state index in [9.17, 15) is 4.79 Å². The Morgan fingerprint density at radius 2 is 2.00 bits per heavy atom. The summed E-state index contributed by atoms with van der Waals surface area (Å²) in [6.07, 6.45) is 0. The molecule has 0 atom stereocenters. The molecular formula is C17H24N4O2. The molecule has 0 aliphatic carbocycles. The highest BCUT2D eigenvalue weighted by atomic mass is 16.3. The van der Waals surface area contributed by atoms with Crippen LogP contribution in [0.15, 0.2) is 30.3 Å². The summed E-state index contributed by atoms with van der Waals surface area (Å²) in [6.45, 7) is 4.81. The van der Waals surface area contributed by atoms with Crippen molar-refractivity contribution in [2.24, 2.45) is 7.05 Å². The molecule has 0 saturated carbocycles. The monoisotopic (exact) mass is 316 g/mol. The number of aromatic nitrogens is 2. The lowest BCUT2D eigenvalue weighted by molar-refractivity contribution is 0.102. The van der Waals surface area contributed by atoms with Crippen molar-refractivity contribution in [3.8, 4) is 0 Å². The van der Waals surface area contributed by atoms with Gasteiger partial charge in [-0.05, 0) is 36.2 Å². The van der Waals surface area contributed by atoms with Crippen LogP contribution < -0.4 is 10.2 Å². The number of amides is 1. The summed E-state index contributed by atoms with van der Waals surface area (Å²) in [5.41, 5.74) is 3.14. The highest BCUT2D eigenvalue weighted by molar-refractivity contribution is 6.03. The average molecular weight is 316 g/mol. The van der Waals surface area contributed by atoms with E-state index < -0.39 is 0 Å². The number of aryl methyl sites for hydroxylation is 1. The normalized spacial score (nSPS) is 10.9. The standard InChI is InChI=1S/C17H24N4O2/c1-12(2)16-11-15(19-21(16)4)17(23)18-13-5-7-14(8-6-13)20(3)9-10-22/h5-8,11-12,22H,9-10H2,1-4H3,(H,18,23). The van der Waals surface area contributed by atoms with Crippen molar-refractivity contribution < 1.29 is 9.90 Å². The van der Waals surface area contributed by atoms with Gasteiger partial charge in [0.2, 0.25) is 0 Å². The first kappa shape index (κ1) is 17.0. The van der Waals surface area contributed by atoms with Crippen molar-refractivity contribution in [1.29, 1.82) is 0 Å². The summed E-state index contributed by atoms with van der Waals surface area (Å²) in [6, 6.07) is 9.32. The highest BCUT2D eigenvalue weighted by Crippen LogP contribution is 2.18. The van der Waals surface area contributed by atoms with Crippen LogP contribution in [0.2, 0.25) is 0 Å². The summed E-state index contributed by atoms with van der Waals surface area (Å²) >= 11 is 0. The molecule has 1 amide bonds. The third kappa shape index (κ3) is 4.10. The number of rotatable bonds is 6. The number of hydrogen-bond donors (Lipinski definition) is 2. The number of aliphatic hydroxyl groups excluding tert-OH is 1. The largest absolute Gasteiger partial charge is 0.395 e. The van der Waals surface area contributed by atoms with E-state index >= 15 is 0 Å². The van der Waals surface area contributed by atoms with E-state index in [1.54, 1.807) is 4.68 Å². The van der Waals surface area contributed by atoms with Gasteiger partial charge in [-0.15, -0.1) is 0 Å². The zero-order chi connectivity index (χ0) is 17.0. The summed E-state index contributed by atoms with van der Waals surface area (Å²) < 4.78 is 1.74. The van der Waals surface area contributed by atoms with E-state index in [0.29, 0.717) is 23.8 Å². The van der Waals surface area contributed by atoms with Gasteiger partial charge < -0.3 is 15.3 Å². The lowest BCUT2D eigenvalue weighted by Crippen LogP contribution is -2.21. The Labute approximate surface area is 136 Å². The second-order valence-electron chi connectivity index (χ2n) is 5.88. The van der Waals surface area contributed by atoms with Crippen LogP contribution in [0, 0.1) is 0 Å². The van der Waals surface area contributed by atoms with Crippen molar-refractivity contribution in [3.05, 3.63) is 41.7 Å². The number of carbonyl (C=O) groups excluding carboxylic acids is 1. The number of hydrogen-bond acceptors (Lipinski definition) is 4. The Kier molecular flexibility index (Phi) is 5.39. The van der Waals surface area contributed by atoms with Gasteiger partial charge in [-0.25, -0.2) is 0 Å². The fourth-order valence-electron chi connectivity index (χ4n) is 2.41. The first-order valence-electron chi connectivity index (χ1n) is 7.69. The molecule has 1 aromatic heterocycles. The van der Waals surface area contributed by atoms with Gasteiger partial charge in [-0.2, -0.15) is 5.10 Å². The maximum Gasteiger partial charge on any atom is 0.276 e. The second kappa shape index (κ2) is 7.28. The first-order chi connectivity index (χ1) is 10.9. The molecular weight excluding hydrogens is 292 g/mol. The van der Waals surface area contributed by atoms with Crippen molar-refractivity contribution in [3.63, 3.8) is 0 Å². The van der Waals surface area contributed by atoms with Crippen LogP contribution in [0.5, 0.6) is 0 Å². The van der Waals surface area contributed by atoms with Crippen molar-refractivity contribution in [2.75, 3.05) is 30.4 Å². The van der Waals surface area contributed by atoms with Gasteiger partial charge in [0.1, 0.15) is 0 Å². The Morgan fingerprint density at radius 3 is 2.52 bits per heavy atom. The Hall–Kier alpha value is -2.34. The molecule has 0 spiro atoms. The minimum Gasteiger partial charge on any atom is -0.395 e. The van der Waals surface area contributed by atoms with Crippen LogP contribution in [0.3, 0.4) is 0 Å². The summed E-state index contributed by atoms with van der Waals surface area (Å²) in [5, 5.41) is 16.1. The molecule has 0 aliphatic heterocycles. The lowest BCUT2D eigenvalue weighted by Gasteiger charge is -2.18. The molecule has 0 unspecified atom stereocenters. The molecule has 2 aromatic rings. The number of nitrogens with one attached hydrogen (secondary N) is 1. The fraction of sp³-hybridized carbons (Fsp3) is 0.412. The van der Waals surface area contributed by atoms with E-state index in [2.05, 4.69) is 24.3 Å². The molecule has 0 bridgehead atoms. The van der Waals surface area contributed by atoms with Crippen LogP contribution >= 0.6 is 0 Å². The number of carbonyl (C=O) groups is 1. The molecule has 2 rings (SSSR count). The number of nitrogens with zero attached hydrogens (tertiary/aromatic N) is 3. The summed E-state index contributed by atoms with van der Waals surface area (Å²) in [7, 11) is 3.75. The molecule has 0 fully saturated rings. The van der Waals surface area contributed by atoms with Gasteiger partial charge >= 0.3 is 0 Å². The first-order valence-corrected chi connectivity index (χ1v) is 7.69. The van der Waals surface area contributed by atoms with Crippen LogP contribution in [0.4, 0.5) is 11.4 Å². The zero-order valence-corrected chi connectivity index (χ0v) is 14.1. The Morgan fingerprint density at radius 1 is 1.35 bits per heavy atom. The SMILES string of the molecule is CC(C)c1cc(C(=O)Nc2ccc(N(C)CCO)cc2)nn1C. The molecule has 1 aromatic carbocycles. The van der Waals surface area contributed by atoms with Gasteiger partial charge in [-0.3, -0.25) is 9.48 Å². The lowest BCUT2D eigenvalue weighted by atomic mass is 10.1. The molecule has 124 valence electrons. The molecule has 0 saturated heterocycles. The van der Waals surface area contributed by atoms with E-state index in [1.807, 2.05) is 49.3 Å². The summed E-state index contributed by atoms with van der Waals surface area (Å²) in [5.74, 6) is 0.0966. The number of likely N-dealkylation sites (N-methyl/N-ethyl adjacent to an activating group) is 1. The molecule has 23 heavy (non-hydrogen) atoms. The number of anilines is 2.